The molecule has 3 heteroatoms. The van der Waals surface area contributed by atoms with Crippen molar-refractivity contribution in [3.05, 3.63) is 0 Å². The minimum atomic E-state index is -0.0231. The lowest BCUT2D eigenvalue weighted by molar-refractivity contribution is -0.0183. The van der Waals surface area contributed by atoms with E-state index in [4.69, 9.17) is 9.84 Å². The molecule has 2 atom stereocenters. The normalized spacial score (nSPS) is 46.8. The molecular formula is C7H13NO2. The Balaban J connectivity index is 2.19. The van der Waals surface area contributed by atoms with Gasteiger partial charge in [0.1, 0.15) is 0 Å². The fraction of sp³-hybridized carbons (Fsp3) is 1.00. The van der Waals surface area contributed by atoms with Crippen LogP contribution in [-0.4, -0.2) is 48.5 Å². The molecule has 2 heterocycles. The van der Waals surface area contributed by atoms with Crippen LogP contribution in [0.15, 0.2) is 0 Å². The van der Waals surface area contributed by atoms with Crippen LogP contribution in [0, 0.1) is 0 Å². The standard InChI is InChI=1S/C7H13NO2/c1-8-3-6-2-7(8,4-9)5-10-6/h6,9H,2-5H2,1H3. The number of rotatable bonds is 1. The average molecular weight is 143 g/mol. The Morgan fingerprint density at radius 1 is 1.80 bits per heavy atom. The monoisotopic (exact) mass is 143 g/mol. The summed E-state index contributed by atoms with van der Waals surface area (Å²) in [6.07, 6.45) is 1.40. The summed E-state index contributed by atoms with van der Waals surface area (Å²) in [4.78, 5) is 2.21. The first-order valence-electron chi connectivity index (χ1n) is 3.70. The fourth-order valence-electron chi connectivity index (χ4n) is 1.93. The van der Waals surface area contributed by atoms with E-state index >= 15 is 0 Å². The molecule has 10 heavy (non-hydrogen) atoms. The molecule has 2 aliphatic heterocycles. The number of morpholine rings is 1. The van der Waals surface area contributed by atoms with Crippen molar-refractivity contribution < 1.29 is 9.84 Å². The number of hydrogen-bond donors (Lipinski definition) is 1. The summed E-state index contributed by atoms with van der Waals surface area (Å²) in [7, 11) is 2.05. The zero-order valence-electron chi connectivity index (χ0n) is 6.21. The third-order valence-electron chi connectivity index (χ3n) is 2.78. The highest BCUT2D eigenvalue weighted by atomic mass is 16.5. The number of likely N-dealkylation sites (tertiary alicyclic amines) is 1. The number of aliphatic hydroxyl groups is 1. The second-order valence-electron chi connectivity index (χ2n) is 3.40. The Bertz CT molecular complexity index is 151. The lowest BCUT2D eigenvalue weighted by atomic mass is 10.0. The molecule has 0 aromatic carbocycles. The first-order chi connectivity index (χ1) is 4.77. The zero-order chi connectivity index (χ0) is 7.19. The lowest BCUT2D eigenvalue weighted by Crippen LogP contribution is -2.48. The number of likely N-dealkylation sites (N-methyl/N-ethyl adjacent to an activating group) is 1. The van der Waals surface area contributed by atoms with Gasteiger partial charge in [-0.2, -0.15) is 0 Å². The van der Waals surface area contributed by atoms with Gasteiger partial charge < -0.3 is 9.84 Å². The van der Waals surface area contributed by atoms with Crippen molar-refractivity contribution in [2.24, 2.45) is 0 Å². The minimum absolute atomic E-state index is 0.0231. The average Bonchev–Trinajstić information content (AvgIpc) is 2.44. The summed E-state index contributed by atoms with van der Waals surface area (Å²) >= 11 is 0. The van der Waals surface area contributed by atoms with Crippen LogP contribution in [0.1, 0.15) is 6.42 Å². The summed E-state index contributed by atoms with van der Waals surface area (Å²) in [5, 5.41) is 9.09. The number of aliphatic hydroxyl groups excluding tert-OH is 1. The Morgan fingerprint density at radius 2 is 2.60 bits per heavy atom. The predicted octanol–water partition coefficient (Wildman–Crippen LogP) is -0.548. The van der Waals surface area contributed by atoms with E-state index < -0.39 is 0 Å². The van der Waals surface area contributed by atoms with Crippen LogP contribution in [0.5, 0.6) is 0 Å². The van der Waals surface area contributed by atoms with Crippen molar-refractivity contribution in [1.82, 2.24) is 4.90 Å². The van der Waals surface area contributed by atoms with Gasteiger partial charge in [-0.1, -0.05) is 0 Å². The number of nitrogens with zero attached hydrogens (tertiary/aromatic N) is 1. The Kier molecular flexibility index (Phi) is 1.27. The topological polar surface area (TPSA) is 32.7 Å². The maximum atomic E-state index is 9.09. The van der Waals surface area contributed by atoms with Crippen LogP contribution in [0.3, 0.4) is 0 Å². The summed E-state index contributed by atoms with van der Waals surface area (Å²) in [6.45, 7) is 1.94. The van der Waals surface area contributed by atoms with Gasteiger partial charge in [0, 0.05) is 6.54 Å². The molecule has 1 N–H and O–H groups in total. The van der Waals surface area contributed by atoms with Gasteiger partial charge in [0.2, 0.25) is 0 Å². The number of hydrogen-bond acceptors (Lipinski definition) is 3. The van der Waals surface area contributed by atoms with Gasteiger partial charge >= 0.3 is 0 Å². The molecule has 0 spiro atoms. The van der Waals surface area contributed by atoms with Gasteiger partial charge in [0.15, 0.2) is 0 Å². The predicted molar refractivity (Wildman–Crippen MR) is 36.8 cm³/mol. The van der Waals surface area contributed by atoms with Crippen LogP contribution in [-0.2, 0) is 4.74 Å². The third-order valence-corrected chi connectivity index (χ3v) is 2.78. The van der Waals surface area contributed by atoms with E-state index in [0.29, 0.717) is 12.7 Å². The second kappa shape index (κ2) is 1.94. The van der Waals surface area contributed by atoms with Gasteiger partial charge in [-0.15, -0.1) is 0 Å². The van der Waals surface area contributed by atoms with E-state index in [1.165, 1.54) is 0 Å². The largest absolute Gasteiger partial charge is 0.394 e. The summed E-state index contributed by atoms with van der Waals surface area (Å²) in [6, 6.07) is 0. The first-order valence-corrected chi connectivity index (χ1v) is 3.70. The van der Waals surface area contributed by atoms with E-state index in [1.54, 1.807) is 0 Å². The highest BCUT2D eigenvalue weighted by molar-refractivity contribution is 5.03. The van der Waals surface area contributed by atoms with Gasteiger partial charge in [-0.3, -0.25) is 4.90 Å². The summed E-state index contributed by atoms with van der Waals surface area (Å²) in [5.74, 6) is 0. The van der Waals surface area contributed by atoms with Gasteiger partial charge in [0.25, 0.3) is 0 Å². The number of fused-ring (bicyclic) bond motifs is 2. The Hall–Kier alpha value is -0.120. The van der Waals surface area contributed by atoms with Crippen LogP contribution in [0.25, 0.3) is 0 Å². The van der Waals surface area contributed by atoms with Gasteiger partial charge in [-0.05, 0) is 13.5 Å². The molecule has 0 radical (unpaired) electrons. The maximum Gasteiger partial charge on any atom is 0.0722 e. The van der Waals surface area contributed by atoms with Crippen molar-refractivity contribution >= 4 is 0 Å². The molecule has 2 bridgehead atoms. The van der Waals surface area contributed by atoms with Crippen LogP contribution in [0.4, 0.5) is 0 Å². The SMILES string of the molecule is CN1CC2CC1(CO)CO2. The van der Waals surface area contributed by atoms with Crippen LogP contribution < -0.4 is 0 Å². The number of ether oxygens (including phenoxy) is 1. The second-order valence-corrected chi connectivity index (χ2v) is 3.40. The van der Waals surface area contributed by atoms with Crippen molar-refractivity contribution in [2.45, 2.75) is 18.1 Å². The maximum absolute atomic E-state index is 9.09. The molecular weight excluding hydrogens is 130 g/mol. The molecule has 2 saturated heterocycles. The van der Waals surface area contributed by atoms with Crippen molar-refractivity contribution in [3.8, 4) is 0 Å². The van der Waals surface area contributed by atoms with Crippen molar-refractivity contribution in [2.75, 3.05) is 26.8 Å². The molecule has 2 fully saturated rings. The highest BCUT2D eigenvalue weighted by Crippen LogP contribution is 2.35. The van der Waals surface area contributed by atoms with E-state index in [2.05, 4.69) is 11.9 Å². The van der Waals surface area contributed by atoms with Crippen molar-refractivity contribution in [1.29, 1.82) is 0 Å². The molecule has 58 valence electrons. The molecule has 0 aromatic heterocycles. The quantitative estimate of drug-likeness (QED) is 0.534. The first kappa shape index (κ1) is 6.58. The van der Waals surface area contributed by atoms with E-state index in [-0.39, 0.29) is 12.1 Å². The molecule has 0 saturated carbocycles. The van der Waals surface area contributed by atoms with E-state index in [0.717, 1.165) is 13.0 Å². The summed E-state index contributed by atoms with van der Waals surface area (Å²) in [5.41, 5.74) is -0.0231. The van der Waals surface area contributed by atoms with Crippen molar-refractivity contribution in [3.63, 3.8) is 0 Å². The third kappa shape index (κ3) is 0.654. The lowest BCUT2D eigenvalue weighted by Gasteiger charge is -2.33. The van der Waals surface area contributed by atoms with Crippen LogP contribution >= 0.6 is 0 Å². The van der Waals surface area contributed by atoms with Gasteiger partial charge in [-0.25, -0.2) is 0 Å². The highest BCUT2D eigenvalue weighted by Gasteiger charge is 2.49. The minimum Gasteiger partial charge on any atom is -0.394 e. The summed E-state index contributed by atoms with van der Waals surface area (Å²) < 4.78 is 5.41. The molecule has 3 nitrogen and oxygen atoms in total. The molecule has 2 aliphatic rings. The Labute approximate surface area is 60.6 Å². The fourth-order valence-corrected chi connectivity index (χ4v) is 1.93. The van der Waals surface area contributed by atoms with Crippen LogP contribution in [0.2, 0.25) is 0 Å². The Morgan fingerprint density at radius 3 is 2.90 bits per heavy atom. The van der Waals surface area contributed by atoms with Gasteiger partial charge in [0.05, 0.1) is 24.9 Å². The molecule has 2 unspecified atom stereocenters. The zero-order valence-corrected chi connectivity index (χ0v) is 6.21. The molecule has 2 rings (SSSR count). The van der Waals surface area contributed by atoms with E-state index in [1.807, 2.05) is 0 Å². The molecule has 0 aliphatic carbocycles. The smallest absolute Gasteiger partial charge is 0.0722 e. The molecule has 0 aromatic rings. The molecule has 0 amide bonds. The van der Waals surface area contributed by atoms with E-state index in [9.17, 15) is 0 Å².